The highest BCUT2D eigenvalue weighted by atomic mass is 32.2. The van der Waals surface area contributed by atoms with Gasteiger partial charge in [0, 0.05) is 24.3 Å². The van der Waals surface area contributed by atoms with E-state index in [0.29, 0.717) is 18.2 Å². The molecule has 116 valence electrons. The van der Waals surface area contributed by atoms with E-state index in [-0.39, 0.29) is 0 Å². The Kier molecular flexibility index (Phi) is 4.54. The van der Waals surface area contributed by atoms with E-state index < -0.39 is 0 Å². The first-order valence-corrected chi connectivity index (χ1v) is 8.94. The molecule has 3 nitrogen and oxygen atoms in total. The second-order valence-corrected chi connectivity index (χ2v) is 7.10. The average Bonchev–Trinajstić information content (AvgIpc) is 2.86. The zero-order chi connectivity index (χ0) is 15.7. The molecular formula is C17H20N2OS2. The Labute approximate surface area is 140 Å². The van der Waals surface area contributed by atoms with Crippen molar-refractivity contribution in [3.05, 3.63) is 41.3 Å². The number of thioether (sulfide) groups is 1. The SMILES string of the molecule is C=CCSc1nc2oc3c(c2c(=S)n1CC=C)CC(C)CC3. The standard InChI is InChI=1S/C17H20N2OS2/c1-4-8-19-16(21)14-12-10-11(3)6-7-13(12)20-15(14)18-17(19)22-9-5-2/h4-5,11H,1-2,6-10H2,3H3. The number of fused-ring (bicyclic) bond motifs is 3. The summed E-state index contributed by atoms with van der Waals surface area (Å²) in [4.78, 5) is 4.72. The van der Waals surface area contributed by atoms with Crippen LogP contribution >= 0.6 is 24.0 Å². The Morgan fingerprint density at radius 2 is 2.27 bits per heavy atom. The van der Waals surface area contributed by atoms with Crippen LogP contribution < -0.4 is 0 Å². The molecule has 0 amide bonds. The predicted molar refractivity (Wildman–Crippen MR) is 95.1 cm³/mol. The second kappa shape index (κ2) is 6.42. The molecular weight excluding hydrogens is 312 g/mol. The maximum atomic E-state index is 6.02. The van der Waals surface area contributed by atoms with Crippen molar-refractivity contribution in [1.29, 1.82) is 0 Å². The Hall–Kier alpha value is -1.33. The highest BCUT2D eigenvalue weighted by Gasteiger charge is 2.24. The summed E-state index contributed by atoms with van der Waals surface area (Å²) in [5.74, 6) is 2.54. The third-order valence-electron chi connectivity index (χ3n) is 4.02. The maximum absolute atomic E-state index is 6.02. The molecule has 0 N–H and O–H groups in total. The number of hydrogen-bond donors (Lipinski definition) is 0. The van der Waals surface area contributed by atoms with Crippen molar-refractivity contribution in [2.24, 2.45) is 5.92 Å². The normalized spacial score (nSPS) is 17.4. The number of aromatic nitrogens is 2. The number of rotatable bonds is 5. The van der Waals surface area contributed by atoms with Crippen LogP contribution in [0.4, 0.5) is 0 Å². The molecule has 0 saturated heterocycles. The minimum atomic E-state index is 0.663. The molecule has 1 aliphatic rings. The summed E-state index contributed by atoms with van der Waals surface area (Å²) in [6.45, 7) is 10.6. The molecule has 0 radical (unpaired) electrons. The Morgan fingerprint density at radius 3 is 3.00 bits per heavy atom. The van der Waals surface area contributed by atoms with E-state index in [2.05, 4.69) is 20.1 Å². The number of hydrogen-bond acceptors (Lipinski definition) is 4. The van der Waals surface area contributed by atoms with Crippen molar-refractivity contribution >= 4 is 35.1 Å². The molecule has 0 saturated carbocycles. The minimum Gasteiger partial charge on any atom is -0.442 e. The minimum absolute atomic E-state index is 0.663. The van der Waals surface area contributed by atoms with E-state index in [1.807, 2.05) is 16.7 Å². The molecule has 1 atom stereocenters. The molecule has 0 bridgehead atoms. The van der Waals surface area contributed by atoms with Crippen LogP contribution in [0.3, 0.4) is 0 Å². The van der Waals surface area contributed by atoms with Gasteiger partial charge in [-0.15, -0.1) is 13.2 Å². The molecule has 0 spiro atoms. The van der Waals surface area contributed by atoms with Gasteiger partial charge in [-0.05, 0) is 18.8 Å². The van der Waals surface area contributed by atoms with Crippen molar-refractivity contribution in [1.82, 2.24) is 9.55 Å². The van der Waals surface area contributed by atoms with Crippen molar-refractivity contribution < 1.29 is 4.42 Å². The topological polar surface area (TPSA) is 31.0 Å². The quantitative estimate of drug-likeness (QED) is 0.335. The molecule has 1 aliphatic carbocycles. The van der Waals surface area contributed by atoms with E-state index >= 15 is 0 Å². The van der Waals surface area contributed by atoms with Gasteiger partial charge in [0.1, 0.15) is 10.4 Å². The lowest BCUT2D eigenvalue weighted by molar-refractivity contribution is 0.435. The lowest BCUT2D eigenvalue weighted by Crippen LogP contribution is -2.10. The van der Waals surface area contributed by atoms with Gasteiger partial charge >= 0.3 is 0 Å². The third-order valence-corrected chi connectivity index (χ3v) is 5.41. The zero-order valence-corrected chi connectivity index (χ0v) is 14.4. The van der Waals surface area contributed by atoms with Crippen LogP contribution in [-0.2, 0) is 19.4 Å². The average molecular weight is 332 g/mol. The van der Waals surface area contributed by atoms with Crippen LogP contribution in [0.5, 0.6) is 0 Å². The largest absolute Gasteiger partial charge is 0.442 e. The molecule has 1 unspecified atom stereocenters. The molecule has 0 aliphatic heterocycles. The molecule has 0 fully saturated rings. The smallest absolute Gasteiger partial charge is 0.231 e. The molecule has 3 rings (SSSR count). The van der Waals surface area contributed by atoms with Crippen LogP contribution in [0.2, 0.25) is 0 Å². The molecule has 22 heavy (non-hydrogen) atoms. The summed E-state index contributed by atoms with van der Waals surface area (Å²) in [6, 6.07) is 0. The molecule has 2 aromatic heterocycles. The van der Waals surface area contributed by atoms with Crippen molar-refractivity contribution in [2.75, 3.05) is 5.75 Å². The summed E-state index contributed by atoms with van der Waals surface area (Å²) in [5, 5.41) is 1.90. The fourth-order valence-corrected chi connectivity index (χ4v) is 4.11. The molecule has 5 heteroatoms. The van der Waals surface area contributed by atoms with Crippen molar-refractivity contribution in [3.63, 3.8) is 0 Å². The first-order chi connectivity index (χ1) is 10.7. The van der Waals surface area contributed by atoms with Gasteiger partial charge in [0.2, 0.25) is 5.71 Å². The predicted octanol–water partition coefficient (Wildman–Crippen LogP) is 4.95. The van der Waals surface area contributed by atoms with E-state index in [0.717, 1.165) is 39.5 Å². The van der Waals surface area contributed by atoms with E-state index in [4.69, 9.17) is 21.6 Å². The second-order valence-electron chi connectivity index (χ2n) is 5.73. The van der Waals surface area contributed by atoms with Gasteiger partial charge in [0.25, 0.3) is 0 Å². The summed E-state index contributed by atoms with van der Waals surface area (Å²) in [7, 11) is 0. The van der Waals surface area contributed by atoms with Crippen LogP contribution in [0, 0.1) is 10.6 Å². The highest BCUT2D eigenvalue weighted by Crippen LogP contribution is 2.35. The Morgan fingerprint density at radius 1 is 1.45 bits per heavy atom. The number of allylic oxidation sites excluding steroid dienone is 1. The van der Waals surface area contributed by atoms with E-state index in [1.165, 1.54) is 12.0 Å². The Balaban J connectivity index is 2.22. The lowest BCUT2D eigenvalue weighted by atomic mass is 9.88. The van der Waals surface area contributed by atoms with Gasteiger partial charge in [-0.3, -0.25) is 0 Å². The Bertz CT molecular complexity index is 788. The zero-order valence-electron chi connectivity index (χ0n) is 12.8. The van der Waals surface area contributed by atoms with Gasteiger partial charge in [-0.25, -0.2) is 0 Å². The van der Waals surface area contributed by atoms with Gasteiger partial charge in [-0.1, -0.05) is 43.1 Å². The number of nitrogens with zero attached hydrogens (tertiary/aromatic N) is 2. The molecule has 2 aromatic rings. The first-order valence-electron chi connectivity index (χ1n) is 7.55. The van der Waals surface area contributed by atoms with Gasteiger partial charge < -0.3 is 8.98 Å². The van der Waals surface area contributed by atoms with Crippen LogP contribution in [0.15, 0.2) is 34.9 Å². The van der Waals surface area contributed by atoms with E-state index in [1.54, 1.807) is 11.8 Å². The lowest BCUT2D eigenvalue weighted by Gasteiger charge is -2.17. The number of aryl methyl sites for hydroxylation is 1. The summed E-state index contributed by atoms with van der Waals surface area (Å²) in [6.07, 6.45) is 6.91. The van der Waals surface area contributed by atoms with Crippen LogP contribution in [0.1, 0.15) is 24.7 Å². The van der Waals surface area contributed by atoms with Crippen LogP contribution in [-0.4, -0.2) is 15.3 Å². The highest BCUT2D eigenvalue weighted by molar-refractivity contribution is 7.99. The number of furan rings is 1. The third kappa shape index (κ3) is 2.68. The molecule has 0 aromatic carbocycles. The van der Waals surface area contributed by atoms with Crippen molar-refractivity contribution in [3.8, 4) is 0 Å². The first kappa shape index (κ1) is 15.6. The fourth-order valence-electron chi connectivity index (χ4n) is 2.95. The fraction of sp³-hybridized carbons (Fsp3) is 0.412. The van der Waals surface area contributed by atoms with Gasteiger partial charge in [-0.2, -0.15) is 4.98 Å². The van der Waals surface area contributed by atoms with Crippen molar-refractivity contribution in [2.45, 2.75) is 37.9 Å². The van der Waals surface area contributed by atoms with E-state index in [9.17, 15) is 0 Å². The summed E-state index contributed by atoms with van der Waals surface area (Å²) < 4.78 is 8.88. The monoisotopic (exact) mass is 332 g/mol. The molecule has 2 heterocycles. The summed E-state index contributed by atoms with van der Waals surface area (Å²) >= 11 is 7.37. The van der Waals surface area contributed by atoms with Gasteiger partial charge in [0.15, 0.2) is 5.16 Å². The van der Waals surface area contributed by atoms with Crippen LogP contribution in [0.25, 0.3) is 11.1 Å². The maximum Gasteiger partial charge on any atom is 0.231 e. The van der Waals surface area contributed by atoms with Gasteiger partial charge in [0.05, 0.1) is 5.39 Å². The summed E-state index contributed by atoms with van der Waals surface area (Å²) in [5.41, 5.74) is 1.96.